The molecule has 19 heavy (non-hydrogen) atoms. The molecular formula is C12H14N4O2S. The quantitative estimate of drug-likeness (QED) is 0.687. The third-order valence-electron chi connectivity index (χ3n) is 2.51. The van der Waals surface area contributed by atoms with Crippen molar-refractivity contribution in [1.82, 2.24) is 14.9 Å². The summed E-state index contributed by atoms with van der Waals surface area (Å²) >= 11 is 5.07. The van der Waals surface area contributed by atoms with E-state index in [0.29, 0.717) is 22.1 Å². The average Bonchev–Trinajstić information content (AvgIpc) is 2.75. The zero-order chi connectivity index (χ0) is 13.8. The van der Waals surface area contributed by atoms with Gasteiger partial charge in [0, 0.05) is 11.6 Å². The topological polar surface area (TPSA) is 64.4 Å². The fourth-order valence-corrected chi connectivity index (χ4v) is 1.76. The molecule has 2 aromatic rings. The van der Waals surface area contributed by atoms with Crippen molar-refractivity contribution in [1.29, 1.82) is 0 Å². The van der Waals surface area contributed by atoms with E-state index in [1.165, 1.54) is 0 Å². The van der Waals surface area contributed by atoms with Crippen molar-refractivity contribution < 1.29 is 9.47 Å². The molecule has 1 N–H and O–H groups in total. The maximum Gasteiger partial charge on any atom is 0.216 e. The van der Waals surface area contributed by atoms with E-state index in [2.05, 4.69) is 15.3 Å². The van der Waals surface area contributed by atoms with Crippen molar-refractivity contribution in [3.63, 3.8) is 0 Å². The van der Waals surface area contributed by atoms with Gasteiger partial charge < -0.3 is 9.47 Å². The van der Waals surface area contributed by atoms with E-state index in [1.807, 2.05) is 19.1 Å². The van der Waals surface area contributed by atoms with Crippen molar-refractivity contribution in [2.45, 2.75) is 6.92 Å². The maximum atomic E-state index is 5.19. The van der Waals surface area contributed by atoms with Crippen molar-refractivity contribution in [3.05, 3.63) is 34.4 Å². The second-order valence-corrected chi connectivity index (χ2v) is 4.17. The fraction of sp³-hybridized carbons (Fsp3) is 0.250. The monoisotopic (exact) mass is 278 g/mol. The van der Waals surface area contributed by atoms with Gasteiger partial charge in [0.2, 0.25) is 4.77 Å². The van der Waals surface area contributed by atoms with Crippen LogP contribution in [0.1, 0.15) is 11.4 Å². The van der Waals surface area contributed by atoms with Gasteiger partial charge in [0.15, 0.2) is 0 Å². The number of hydrogen-bond donors (Lipinski definition) is 1. The van der Waals surface area contributed by atoms with Crippen LogP contribution in [-0.2, 0) is 0 Å². The van der Waals surface area contributed by atoms with Crippen LogP contribution in [0.4, 0.5) is 0 Å². The highest BCUT2D eigenvalue weighted by atomic mass is 32.1. The van der Waals surface area contributed by atoms with Crippen LogP contribution in [-0.4, -0.2) is 35.3 Å². The summed E-state index contributed by atoms with van der Waals surface area (Å²) in [6.45, 7) is 1.82. The largest absolute Gasteiger partial charge is 0.497 e. The summed E-state index contributed by atoms with van der Waals surface area (Å²) in [7, 11) is 3.21. The van der Waals surface area contributed by atoms with Crippen LogP contribution in [0.15, 0.2) is 23.3 Å². The maximum absolute atomic E-state index is 5.19. The van der Waals surface area contributed by atoms with Gasteiger partial charge >= 0.3 is 0 Å². The van der Waals surface area contributed by atoms with Crippen molar-refractivity contribution in [2.75, 3.05) is 14.2 Å². The van der Waals surface area contributed by atoms with Crippen molar-refractivity contribution >= 4 is 18.4 Å². The number of nitrogens with one attached hydrogen (secondary N) is 1. The molecule has 0 aliphatic heterocycles. The van der Waals surface area contributed by atoms with E-state index in [-0.39, 0.29) is 0 Å². The molecule has 1 heterocycles. The minimum absolute atomic E-state index is 0.448. The lowest BCUT2D eigenvalue weighted by Gasteiger charge is -2.05. The van der Waals surface area contributed by atoms with Crippen LogP contribution < -0.4 is 9.47 Å². The first-order chi connectivity index (χ1) is 9.13. The molecular weight excluding hydrogens is 264 g/mol. The lowest BCUT2D eigenvalue weighted by molar-refractivity contribution is 0.394. The second-order valence-electron chi connectivity index (χ2n) is 3.78. The Morgan fingerprint density at radius 1 is 1.26 bits per heavy atom. The van der Waals surface area contributed by atoms with Crippen molar-refractivity contribution in [3.8, 4) is 11.5 Å². The number of benzene rings is 1. The Hall–Kier alpha value is -2.15. The second kappa shape index (κ2) is 5.66. The number of nitrogens with zero attached hydrogens (tertiary/aromatic N) is 3. The number of aryl methyl sites for hydroxylation is 1. The highest BCUT2D eigenvalue weighted by Crippen LogP contribution is 2.21. The van der Waals surface area contributed by atoms with Crippen LogP contribution in [0.25, 0.3) is 0 Å². The summed E-state index contributed by atoms with van der Waals surface area (Å²) in [5.41, 5.74) is 0.846. The summed E-state index contributed by atoms with van der Waals surface area (Å²) in [4.78, 5) is 0. The summed E-state index contributed by atoms with van der Waals surface area (Å²) in [6, 6.07) is 5.50. The molecule has 0 radical (unpaired) electrons. The molecule has 0 saturated heterocycles. The molecule has 7 heteroatoms. The van der Waals surface area contributed by atoms with Crippen LogP contribution in [0, 0.1) is 11.7 Å². The lowest BCUT2D eigenvalue weighted by Crippen LogP contribution is -1.95. The minimum atomic E-state index is 0.448. The first-order valence-electron chi connectivity index (χ1n) is 5.55. The van der Waals surface area contributed by atoms with Gasteiger partial charge in [0.1, 0.15) is 17.3 Å². The molecule has 2 rings (SSSR count). The van der Waals surface area contributed by atoms with Gasteiger partial charge in [-0.25, -0.2) is 0 Å². The molecule has 0 unspecified atom stereocenters. The summed E-state index contributed by atoms with van der Waals surface area (Å²) < 4.78 is 12.4. The third-order valence-corrected chi connectivity index (χ3v) is 2.77. The number of methoxy groups -OCH3 is 2. The zero-order valence-electron chi connectivity index (χ0n) is 10.9. The molecule has 1 aromatic carbocycles. The zero-order valence-corrected chi connectivity index (χ0v) is 11.7. The molecule has 6 nitrogen and oxygen atoms in total. The molecule has 1 aromatic heterocycles. The number of H-pyrrole nitrogens is 1. The predicted molar refractivity (Wildman–Crippen MR) is 74.7 cm³/mol. The fourth-order valence-electron chi connectivity index (χ4n) is 1.53. The van der Waals surface area contributed by atoms with Gasteiger partial charge in [-0.05, 0) is 31.3 Å². The molecule has 0 aliphatic rings. The smallest absolute Gasteiger partial charge is 0.216 e. The number of rotatable bonds is 4. The van der Waals surface area contributed by atoms with Gasteiger partial charge in [0.25, 0.3) is 0 Å². The molecule has 0 amide bonds. The lowest BCUT2D eigenvalue weighted by atomic mass is 10.2. The molecule has 100 valence electrons. The Bertz CT molecular complexity index is 638. The first kappa shape index (κ1) is 13.3. The molecule has 0 aliphatic carbocycles. The number of aromatic nitrogens is 3. The Morgan fingerprint density at radius 2 is 1.89 bits per heavy atom. The summed E-state index contributed by atoms with van der Waals surface area (Å²) in [5.74, 6) is 2.10. The van der Waals surface area contributed by atoms with E-state index in [0.717, 1.165) is 5.56 Å². The van der Waals surface area contributed by atoms with Gasteiger partial charge in [-0.3, -0.25) is 5.10 Å². The average molecular weight is 278 g/mol. The predicted octanol–water partition coefficient (Wildman–Crippen LogP) is 2.15. The van der Waals surface area contributed by atoms with E-state index in [9.17, 15) is 0 Å². The normalized spacial score (nSPS) is 10.9. The van der Waals surface area contributed by atoms with Crippen LogP contribution >= 0.6 is 12.2 Å². The van der Waals surface area contributed by atoms with Gasteiger partial charge in [-0.1, -0.05) is 0 Å². The van der Waals surface area contributed by atoms with E-state index < -0.39 is 0 Å². The van der Waals surface area contributed by atoms with Gasteiger partial charge in [-0.2, -0.15) is 14.9 Å². The first-order valence-corrected chi connectivity index (χ1v) is 5.96. The molecule has 0 bridgehead atoms. The highest BCUT2D eigenvalue weighted by Gasteiger charge is 2.01. The third kappa shape index (κ3) is 3.00. The van der Waals surface area contributed by atoms with E-state index in [4.69, 9.17) is 21.7 Å². The standard InChI is InChI=1S/C12H14N4O2S/c1-8-14-15-12(19)16(8)13-7-9-4-10(17-2)6-11(5-9)18-3/h4-7H,1-3H3,(H,15,19)/b13-7-. The summed E-state index contributed by atoms with van der Waals surface area (Å²) in [5, 5.41) is 10.9. The number of ether oxygens (including phenoxy) is 2. The Balaban J connectivity index is 2.35. The van der Waals surface area contributed by atoms with Crippen LogP contribution in [0.5, 0.6) is 11.5 Å². The van der Waals surface area contributed by atoms with Crippen LogP contribution in [0.3, 0.4) is 0 Å². The Morgan fingerprint density at radius 3 is 2.37 bits per heavy atom. The number of hydrogen-bond acceptors (Lipinski definition) is 5. The highest BCUT2D eigenvalue weighted by molar-refractivity contribution is 7.71. The van der Waals surface area contributed by atoms with Gasteiger partial charge in [0.05, 0.1) is 20.4 Å². The van der Waals surface area contributed by atoms with Crippen molar-refractivity contribution in [2.24, 2.45) is 5.10 Å². The number of aromatic amines is 1. The summed E-state index contributed by atoms with van der Waals surface area (Å²) in [6.07, 6.45) is 1.67. The van der Waals surface area contributed by atoms with Gasteiger partial charge in [-0.15, -0.1) is 0 Å². The molecule has 0 spiro atoms. The molecule has 0 fully saturated rings. The Kier molecular flexibility index (Phi) is 3.96. The Labute approximate surface area is 115 Å². The minimum Gasteiger partial charge on any atom is -0.497 e. The van der Waals surface area contributed by atoms with E-state index >= 15 is 0 Å². The van der Waals surface area contributed by atoms with E-state index in [1.54, 1.807) is 31.2 Å². The molecule has 0 saturated carbocycles. The molecule has 0 atom stereocenters. The van der Waals surface area contributed by atoms with Crippen LogP contribution in [0.2, 0.25) is 0 Å². The SMILES string of the molecule is COc1cc(/C=N\n2c(C)n[nH]c2=S)cc(OC)c1.